The molecule has 1 aliphatic rings. The van der Waals surface area contributed by atoms with Gasteiger partial charge in [-0.25, -0.2) is 13.1 Å². The number of anilines is 1. The molecule has 2 heterocycles. The summed E-state index contributed by atoms with van der Waals surface area (Å²) in [5.74, 6) is 0.727. The van der Waals surface area contributed by atoms with Crippen LogP contribution in [0.2, 0.25) is 0 Å². The van der Waals surface area contributed by atoms with Gasteiger partial charge in [0.15, 0.2) is 0 Å². The fourth-order valence-corrected chi connectivity index (χ4v) is 4.21. The molecule has 6 nitrogen and oxygen atoms in total. The largest absolute Gasteiger partial charge is 0.380 e. The van der Waals surface area contributed by atoms with E-state index in [4.69, 9.17) is 0 Å². The highest BCUT2D eigenvalue weighted by Gasteiger charge is 2.24. The fourth-order valence-electron chi connectivity index (χ4n) is 2.30. The van der Waals surface area contributed by atoms with Crippen molar-refractivity contribution in [2.24, 2.45) is 5.92 Å². The molecule has 0 amide bonds. The van der Waals surface area contributed by atoms with Gasteiger partial charge >= 0.3 is 0 Å². The molecule has 2 rings (SSSR count). The second-order valence-electron chi connectivity index (χ2n) is 5.82. The van der Waals surface area contributed by atoms with Crippen molar-refractivity contribution in [2.45, 2.75) is 39.3 Å². The van der Waals surface area contributed by atoms with Crippen LogP contribution in [0.1, 0.15) is 26.7 Å². The van der Waals surface area contributed by atoms with Crippen molar-refractivity contribution in [2.75, 3.05) is 16.8 Å². The Morgan fingerprint density at radius 2 is 2.05 bits per heavy atom. The molecule has 8 heteroatoms. The normalized spacial score (nSPS) is 18.9. The smallest absolute Gasteiger partial charge is 0.283 e. The van der Waals surface area contributed by atoms with Crippen molar-refractivity contribution in [3.05, 3.63) is 21.0 Å². The van der Waals surface area contributed by atoms with Gasteiger partial charge in [0.1, 0.15) is 14.3 Å². The molecule has 0 aromatic carbocycles. The Hall–Kier alpha value is -0.890. The van der Waals surface area contributed by atoms with Gasteiger partial charge in [-0.15, -0.1) is 0 Å². The van der Waals surface area contributed by atoms with E-state index in [0.717, 1.165) is 0 Å². The summed E-state index contributed by atoms with van der Waals surface area (Å²) in [6, 6.07) is 0.0620. The maximum atomic E-state index is 12.2. The molecule has 118 valence electrons. The summed E-state index contributed by atoms with van der Waals surface area (Å²) in [5.41, 5.74) is 0.460. The van der Waals surface area contributed by atoms with E-state index in [2.05, 4.69) is 26.3 Å². The standard InChI is InChI=1S/C13H20BrN3O3S/c1-9(2)8-17-13(18)12(14)11(7-15-17)16-10-3-5-21(19,20)6-4-10/h7,9-10,16H,3-6,8H2,1-2H3. The highest BCUT2D eigenvalue weighted by atomic mass is 79.9. The van der Waals surface area contributed by atoms with E-state index in [1.165, 1.54) is 4.68 Å². The quantitative estimate of drug-likeness (QED) is 0.862. The Balaban J connectivity index is 2.11. The molecule has 1 aromatic rings. The molecule has 0 bridgehead atoms. The number of sulfone groups is 1. The first kappa shape index (κ1) is 16.5. The second-order valence-corrected chi connectivity index (χ2v) is 8.92. The minimum Gasteiger partial charge on any atom is -0.380 e. The first-order valence-electron chi connectivity index (χ1n) is 7.01. The average molecular weight is 378 g/mol. The van der Waals surface area contributed by atoms with Crippen LogP contribution in [0, 0.1) is 5.92 Å². The van der Waals surface area contributed by atoms with Crippen LogP contribution in [-0.4, -0.2) is 35.7 Å². The lowest BCUT2D eigenvalue weighted by molar-refractivity contribution is 0.462. The molecule has 0 saturated carbocycles. The molecule has 0 atom stereocenters. The van der Waals surface area contributed by atoms with Gasteiger partial charge in [0, 0.05) is 12.6 Å². The van der Waals surface area contributed by atoms with E-state index in [9.17, 15) is 13.2 Å². The third-order valence-electron chi connectivity index (χ3n) is 3.44. The minimum absolute atomic E-state index is 0.0620. The second kappa shape index (κ2) is 6.48. The average Bonchev–Trinajstić information content (AvgIpc) is 2.40. The zero-order valence-electron chi connectivity index (χ0n) is 12.2. The number of hydrogen-bond acceptors (Lipinski definition) is 5. The maximum absolute atomic E-state index is 12.2. The molecular formula is C13H20BrN3O3S. The number of nitrogens with zero attached hydrogens (tertiary/aromatic N) is 2. The Morgan fingerprint density at radius 1 is 1.43 bits per heavy atom. The van der Waals surface area contributed by atoms with Crippen molar-refractivity contribution in [1.82, 2.24) is 9.78 Å². The summed E-state index contributed by atoms with van der Waals surface area (Å²) in [4.78, 5) is 12.2. The number of halogens is 1. The lowest BCUT2D eigenvalue weighted by Crippen LogP contribution is -2.33. The molecule has 1 fully saturated rings. The SMILES string of the molecule is CC(C)Cn1ncc(NC2CCS(=O)(=O)CC2)c(Br)c1=O. The third kappa shape index (κ3) is 4.29. The summed E-state index contributed by atoms with van der Waals surface area (Å²) in [6.45, 7) is 4.62. The van der Waals surface area contributed by atoms with E-state index >= 15 is 0 Å². The van der Waals surface area contributed by atoms with Gasteiger partial charge in [0.2, 0.25) is 0 Å². The van der Waals surface area contributed by atoms with Crippen LogP contribution in [-0.2, 0) is 16.4 Å². The Morgan fingerprint density at radius 3 is 2.62 bits per heavy atom. The topological polar surface area (TPSA) is 81.1 Å². The van der Waals surface area contributed by atoms with Gasteiger partial charge < -0.3 is 5.32 Å². The Bertz CT molecular complexity index is 656. The molecule has 1 N–H and O–H groups in total. The van der Waals surface area contributed by atoms with Gasteiger partial charge in [-0.1, -0.05) is 13.8 Å². The maximum Gasteiger partial charge on any atom is 0.283 e. The van der Waals surface area contributed by atoms with Crippen LogP contribution < -0.4 is 10.9 Å². The zero-order chi connectivity index (χ0) is 15.6. The molecular weight excluding hydrogens is 358 g/mol. The summed E-state index contributed by atoms with van der Waals surface area (Å²) in [5, 5.41) is 7.39. The van der Waals surface area contributed by atoms with E-state index in [0.29, 0.717) is 35.5 Å². The molecule has 21 heavy (non-hydrogen) atoms. The van der Waals surface area contributed by atoms with Crippen molar-refractivity contribution in [1.29, 1.82) is 0 Å². The van der Waals surface area contributed by atoms with Crippen molar-refractivity contribution < 1.29 is 8.42 Å². The minimum atomic E-state index is -2.88. The van der Waals surface area contributed by atoms with E-state index in [-0.39, 0.29) is 23.1 Å². The molecule has 0 radical (unpaired) electrons. The highest BCUT2D eigenvalue weighted by molar-refractivity contribution is 9.10. The van der Waals surface area contributed by atoms with Gasteiger partial charge in [0.25, 0.3) is 5.56 Å². The highest BCUT2D eigenvalue weighted by Crippen LogP contribution is 2.22. The first-order chi connectivity index (χ1) is 9.78. The van der Waals surface area contributed by atoms with Crippen LogP contribution >= 0.6 is 15.9 Å². The van der Waals surface area contributed by atoms with Crippen LogP contribution in [0.5, 0.6) is 0 Å². The lowest BCUT2D eigenvalue weighted by Gasteiger charge is -2.24. The van der Waals surface area contributed by atoms with E-state index in [1.54, 1.807) is 6.20 Å². The zero-order valence-corrected chi connectivity index (χ0v) is 14.6. The predicted octanol–water partition coefficient (Wildman–Crippen LogP) is 1.65. The van der Waals surface area contributed by atoms with Crippen LogP contribution in [0.4, 0.5) is 5.69 Å². The third-order valence-corrected chi connectivity index (χ3v) is 5.92. The predicted molar refractivity (Wildman–Crippen MR) is 86.3 cm³/mol. The number of hydrogen-bond donors (Lipinski definition) is 1. The van der Waals surface area contributed by atoms with Gasteiger partial charge in [-0.2, -0.15) is 5.10 Å². The molecule has 1 aromatic heterocycles. The van der Waals surface area contributed by atoms with Crippen LogP contribution in [0.15, 0.2) is 15.5 Å². The molecule has 0 unspecified atom stereocenters. The van der Waals surface area contributed by atoms with Crippen molar-refractivity contribution >= 4 is 31.5 Å². The van der Waals surface area contributed by atoms with Gasteiger partial charge in [-0.05, 0) is 34.7 Å². The summed E-state index contributed by atoms with van der Waals surface area (Å²) < 4.78 is 24.7. The van der Waals surface area contributed by atoms with Gasteiger partial charge in [-0.3, -0.25) is 4.79 Å². The monoisotopic (exact) mass is 377 g/mol. The lowest BCUT2D eigenvalue weighted by atomic mass is 10.1. The van der Waals surface area contributed by atoms with Crippen molar-refractivity contribution in [3.8, 4) is 0 Å². The van der Waals surface area contributed by atoms with Crippen LogP contribution in [0.25, 0.3) is 0 Å². The first-order valence-corrected chi connectivity index (χ1v) is 9.62. The summed E-state index contributed by atoms with van der Waals surface area (Å²) in [6.07, 6.45) is 2.74. The Kier molecular flexibility index (Phi) is 5.08. The molecule has 1 aliphatic heterocycles. The van der Waals surface area contributed by atoms with Crippen molar-refractivity contribution in [3.63, 3.8) is 0 Å². The molecule has 0 aliphatic carbocycles. The van der Waals surface area contributed by atoms with Gasteiger partial charge in [0.05, 0.1) is 23.4 Å². The van der Waals surface area contributed by atoms with E-state index < -0.39 is 9.84 Å². The Labute approximate surface area is 133 Å². The number of rotatable bonds is 4. The molecule has 0 spiro atoms. The molecule has 1 saturated heterocycles. The van der Waals surface area contributed by atoms with Crippen LogP contribution in [0.3, 0.4) is 0 Å². The fraction of sp³-hybridized carbons (Fsp3) is 0.692. The summed E-state index contributed by atoms with van der Waals surface area (Å²) >= 11 is 3.32. The number of nitrogens with one attached hydrogen (secondary N) is 1. The van der Waals surface area contributed by atoms with E-state index in [1.807, 2.05) is 13.8 Å². The number of aromatic nitrogens is 2. The summed E-state index contributed by atoms with van der Waals surface area (Å²) in [7, 11) is -2.88.